The molecule has 3 rings (SSSR count). The lowest BCUT2D eigenvalue weighted by molar-refractivity contribution is 0.618. The molecule has 0 saturated carbocycles. The van der Waals surface area contributed by atoms with Crippen molar-refractivity contribution in [2.75, 3.05) is 0 Å². The van der Waals surface area contributed by atoms with Crippen LogP contribution < -0.4 is 0 Å². The summed E-state index contributed by atoms with van der Waals surface area (Å²) >= 11 is 11.8. The lowest BCUT2D eigenvalue weighted by Crippen LogP contribution is -1.92. The Morgan fingerprint density at radius 1 is 1.11 bits per heavy atom. The molecule has 2 heterocycles. The normalized spacial score (nSPS) is 11.1. The predicted octanol–water partition coefficient (Wildman–Crippen LogP) is 4.53. The van der Waals surface area contributed by atoms with Crippen molar-refractivity contribution in [1.82, 2.24) is 9.38 Å². The van der Waals surface area contributed by atoms with E-state index in [-0.39, 0.29) is 11.7 Å². The molecule has 0 aliphatic rings. The van der Waals surface area contributed by atoms with Crippen LogP contribution in [-0.2, 0) is 5.88 Å². The average molecular weight is 295 g/mol. The minimum atomic E-state index is -0.320. The largest absolute Gasteiger partial charge is 0.299 e. The second kappa shape index (κ2) is 4.83. The number of halogens is 3. The number of pyridine rings is 1. The smallest absolute Gasteiger partial charge is 0.139 e. The first-order valence-electron chi connectivity index (χ1n) is 5.67. The molecule has 0 atom stereocenters. The van der Waals surface area contributed by atoms with Crippen molar-refractivity contribution in [3.63, 3.8) is 0 Å². The van der Waals surface area contributed by atoms with E-state index in [9.17, 15) is 4.39 Å². The van der Waals surface area contributed by atoms with Gasteiger partial charge in [0.05, 0.1) is 17.3 Å². The van der Waals surface area contributed by atoms with Crippen LogP contribution in [0, 0.1) is 5.82 Å². The third kappa shape index (κ3) is 2.20. The van der Waals surface area contributed by atoms with Crippen molar-refractivity contribution in [2.24, 2.45) is 0 Å². The number of aromatic nitrogens is 2. The summed E-state index contributed by atoms with van der Waals surface area (Å²) in [5.74, 6) is -0.0679. The van der Waals surface area contributed by atoms with Crippen molar-refractivity contribution in [1.29, 1.82) is 0 Å². The Hall–Kier alpha value is -1.58. The molecular weight excluding hydrogens is 286 g/mol. The third-order valence-corrected chi connectivity index (χ3v) is 3.43. The molecule has 0 spiro atoms. The number of alkyl halides is 1. The van der Waals surface area contributed by atoms with Crippen LogP contribution >= 0.6 is 23.2 Å². The first kappa shape index (κ1) is 12.5. The third-order valence-electron chi connectivity index (χ3n) is 2.93. The fraction of sp³-hybridized carbons (Fsp3) is 0.0714. The maximum absolute atomic E-state index is 13.3. The molecule has 0 fully saturated rings. The van der Waals surface area contributed by atoms with E-state index in [1.165, 1.54) is 12.3 Å². The van der Waals surface area contributed by atoms with Gasteiger partial charge in [-0.1, -0.05) is 23.7 Å². The SMILES string of the molecule is Fc1ccc2nc(-c3ccc(Cl)cc3)c(CCl)n2c1. The molecule has 3 aromatic rings. The van der Waals surface area contributed by atoms with E-state index in [4.69, 9.17) is 23.2 Å². The van der Waals surface area contributed by atoms with Crippen LogP contribution in [0.2, 0.25) is 5.02 Å². The number of fused-ring (bicyclic) bond motifs is 1. The summed E-state index contributed by atoms with van der Waals surface area (Å²) in [6.45, 7) is 0. The maximum Gasteiger partial charge on any atom is 0.139 e. The summed E-state index contributed by atoms with van der Waals surface area (Å²) in [6, 6.07) is 10.3. The molecular formula is C14H9Cl2FN2. The van der Waals surface area contributed by atoms with Gasteiger partial charge in [-0.3, -0.25) is 4.40 Å². The first-order chi connectivity index (χ1) is 9.19. The van der Waals surface area contributed by atoms with Gasteiger partial charge in [-0.25, -0.2) is 9.37 Å². The summed E-state index contributed by atoms with van der Waals surface area (Å²) in [7, 11) is 0. The van der Waals surface area contributed by atoms with Gasteiger partial charge in [0.25, 0.3) is 0 Å². The molecule has 0 N–H and O–H groups in total. The fourth-order valence-electron chi connectivity index (χ4n) is 2.03. The van der Waals surface area contributed by atoms with Crippen molar-refractivity contribution in [2.45, 2.75) is 5.88 Å². The zero-order chi connectivity index (χ0) is 13.4. The average Bonchev–Trinajstić information content (AvgIpc) is 2.77. The number of rotatable bonds is 2. The van der Waals surface area contributed by atoms with Crippen LogP contribution in [0.3, 0.4) is 0 Å². The standard InChI is InChI=1S/C14H9Cl2FN2/c15-7-12-14(9-1-3-10(16)4-2-9)18-13-6-5-11(17)8-19(12)13/h1-6,8H,7H2. The summed E-state index contributed by atoms with van der Waals surface area (Å²) in [6.07, 6.45) is 1.39. The Bertz CT molecular complexity index is 735. The summed E-state index contributed by atoms with van der Waals surface area (Å²) < 4.78 is 15.0. The molecule has 0 amide bonds. The molecule has 0 unspecified atom stereocenters. The number of hydrogen-bond acceptors (Lipinski definition) is 1. The molecule has 0 aliphatic carbocycles. The highest BCUT2D eigenvalue weighted by molar-refractivity contribution is 6.30. The lowest BCUT2D eigenvalue weighted by atomic mass is 10.1. The van der Waals surface area contributed by atoms with Crippen molar-refractivity contribution < 1.29 is 4.39 Å². The van der Waals surface area contributed by atoms with Gasteiger partial charge < -0.3 is 0 Å². The molecule has 0 saturated heterocycles. The first-order valence-corrected chi connectivity index (χ1v) is 6.58. The predicted molar refractivity (Wildman–Crippen MR) is 75.2 cm³/mol. The highest BCUT2D eigenvalue weighted by atomic mass is 35.5. The topological polar surface area (TPSA) is 17.3 Å². The van der Waals surface area contributed by atoms with Gasteiger partial charge in [0.2, 0.25) is 0 Å². The van der Waals surface area contributed by atoms with Crippen molar-refractivity contribution in [3.8, 4) is 11.3 Å². The molecule has 2 aromatic heterocycles. The summed E-state index contributed by atoms with van der Waals surface area (Å²) in [5.41, 5.74) is 3.09. The molecule has 1 aromatic carbocycles. The van der Waals surface area contributed by atoms with E-state index in [1.54, 1.807) is 22.6 Å². The quantitative estimate of drug-likeness (QED) is 0.635. The number of imidazole rings is 1. The summed E-state index contributed by atoms with van der Waals surface area (Å²) in [4.78, 5) is 4.49. The number of benzene rings is 1. The second-order valence-electron chi connectivity index (χ2n) is 4.12. The number of nitrogens with zero attached hydrogens (tertiary/aromatic N) is 2. The van der Waals surface area contributed by atoms with Gasteiger partial charge in [-0.05, 0) is 24.3 Å². The molecule has 2 nitrogen and oxygen atoms in total. The Kier molecular flexibility index (Phi) is 3.17. The second-order valence-corrected chi connectivity index (χ2v) is 4.83. The highest BCUT2D eigenvalue weighted by Crippen LogP contribution is 2.27. The summed E-state index contributed by atoms with van der Waals surface area (Å²) in [5, 5.41) is 0.658. The maximum atomic E-state index is 13.3. The van der Waals surface area contributed by atoms with Gasteiger partial charge in [-0.15, -0.1) is 11.6 Å². The Morgan fingerprint density at radius 3 is 2.53 bits per heavy atom. The molecule has 0 bridgehead atoms. The van der Waals surface area contributed by atoms with E-state index in [1.807, 2.05) is 12.1 Å². The Morgan fingerprint density at radius 2 is 1.84 bits per heavy atom. The lowest BCUT2D eigenvalue weighted by Gasteiger charge is -2.01. The Labute approximate surface area is 119 Å². The minimum absolute atomic E-state index is 0.253. The van der Waals surface area contributed by atoms with Crippen LogP contribution in [0.4, 0.5) is 4.39 Å². The van der Waals surface area contributed by atoms with Gasteiger partial charge >= 0.3 is 0 Å². The van der Waals surface area contributed by atoms with Crippen LogP contribution in [0.15, 0.2) is 42.6 Å². The fourth-order valence-corrected chi connectivity index (χ4v) is 2.42. The molecule has 5 heteroatoms. The van der Waals surface area contributed by atoms with Crippen LogP contribution in [0.5, 0.6) is 0 Å². The van der Waals surface area contributed by atoms with E-state index < -0.39 is 0 Å². The van der Waals surface area contributed by atoms with E-state index in [0.29, 0.717) is 10.7 Å². The van der Waals surface area contributed by atoms with Crippen LogP contribution in [-0.4, -0.2) is 9.38 Å². The molecule has 0 radical (unpaired) electrons. The molecule has 0 aliphatic heterocycles. The number of hydrogen-bond donors (Lipinski definition) is 0. The Balaban J connectivity index is 2.25. The minimum Gasteiger partial charge on any atom is -0.299 e. The zero-order valence-corrected chi connectivity index (χ0v) is 11.3. The van der Waals surface area contributed by atoms with Gasteiger partial charge in [-0.2, -0.15) is 0 Å². The van der Waals surface area contributed by atoms with Crippen molar-refractivity contribution in [3.05, 3.63) is 59.1 Å². The highest BCUT2D eigenvalue weighted by Gasteiger charge is 2.13. The van der Waals surface area contributed by atoms with E-state index in [2.05, 4.69) is 4.98 Å². The monoisotopic (exact) mass is 294 g/mol. The molecule has 19 heavy (non-hydrogen) atoms. The van der Waals surface area contributed by atoms with Gasteiger partial charge in [0, 0.05) is 16.8 Å². The van der Waals surface area contributed by atoms with Crippen LogP contribution in [0.1, 0.15) is 5.69 Å². The van der Waals surface area contributed by atoms with Crippen molar-refractivity contribution >= 4 is 28.8 Å². The van der Waals surface area contributed by atoms with Gasteiger partial charge in [0.15, 0.2) is 0 Å². The van der Waals surface area contributed by atoms with Gasteiger partial charge in [0.1, 0.15) is 11.5 Å². The zero-order valence-electron chi connectivity index (χ0n) is 9.78. The van der Waals surface area contributed by atoms with Crippen LogP contribution in [0.25, 0.3) is 16.9 Å². The molecule has 96 valence electrons. The van der Waals surface area contributed by atoms with E-state index in [0.717, 1.165) is 17.0 Å². The van der Waals surface area contributed by atoms with E-state index >= 15 is 0 Å².